The Balaban J connectivity index is 1.75. The summed E-state index contributed by atoms with van der Waals surface area (Å²) < 4.78 is 16.0. The zero-order chi connectivity index (χ0) is 20.9. The predicted molar refractivity (Wildman–Crippen MR) is 114 cm³/mol. The number of hydrazone groups is 1. The van der Waals surface area contributed by atoms with Gasteiger partial charge in [0.05, 0.1) is 43.5 Å². The largest absolute Gasteiger partial charge is 0.497 e. The molecule has 150 valence electrons. The number of hydrogen-bond acceptors (Lipinski definition) is 6. The molecular weight excluding hydrogens is 382 g/mol. The van der Waals surface area contributed by atoms with Crippen LogP contribution in [0.2, 0.25) is 0 Å². The third-order valence-corrected chi connectivity index (χ3v) is 4.55. The van der Waals surface area contributed by atoms with Crippen molar-refractivity contribution in [2.75, 3.05) is 14.2 Å². The Morgan fingerprint density at radius 2 is 1.93 bits per heavy atom. The van der Waals surface area contributed by atoms with Gasteiger partial charge in [-0.05, 0) is 36.4 Å². The summed E-state index contributed by atoms with van der Waals surface area (Å²) in [4.78, 5) is 17.6. The van der Waals surface area contributed by atoms with Gasteiger partial charge in [0.2, 0.25) is 0 Å². The first kappa shape index (κ1) is 19.2. The van der Waals surface area contributed by atoms with Crippen LogP contribution >= 0.6 is 0 Å². The summed E-state index contributed by atoms with van der Waals surface area (Å²) >= 11 is 0. The molecule has 2 heterocycles. The van der Waals surface area contributed by atoms with Crippen molar-refractivity contribution in [3.8, 4) is 22.8 Å². The Hall–Kier alpha value is -4.13. The van der Waals surface area contributed by atoms with Gasteiger partial charge in [0.25, 0.3) is 5.91 Å². The van der Waals surface area contributed by atoms with Gasteiger partial charge >= 0.3 is 0 Å². The van der Waals surface area contributed by atoms with E-state index in [1.165, 1.54) is 12.5 Å². The molecule has 2 aromatic carbocycles. The summed E-state index contributed by atoms with van der Waals surface area (Å²) in [5, 5.41) is 4.70. The van der Waals surface area contributed by atoms with E-state index in [9.17, 15) is 4.79 Å². The van der Waals surface area contributed by atoms with Gasteiger partial charge in [-0.25, -0.2) is 10.4 Å². The third-order valence-electron chi connectivity index (χ3n) is 4.55. The maximum absolute atomic E-state index is 12.9. The van der Waals surface area contributed by atoms with Gasteiger partial charge in [0.15, 0.2) is 0 Å². The van der Waals surface area contributed by atoms with Crippen LogP contribution in [0, 0.1) is 0 Å². The van der Waals surface area contributed by atoms with E-state index in [0.717, 1.165) is 10.9 Å². The average molecular weight is 401 g/mol. The monoisotopic (exact) mass is 401 g/mol. The molecule has 2 aromatic heterocycles. The van der Waals surface area contributed by atoms with Crippen molar-refractivity contribution in [1.29, 1.82) is 0 Å². The van der Waals surface area contributed by atoms with Crippen LogP contribution < -0.4 is 14.9 Å². The van der Waals surface area contributed by atoms with Crippen molar-refractivity contribution in [1.82, 2.24) is 10.4 Å². The summed E-state index contributed by atoms with van der Waals surface area (Å²) in [6.45, 7) is 0. The minimum Gasteiger partial charge on any atom is -0.497 e. The van der Waals surface area contributed by atoms with Gasteiger partial charge in [-0.3, -0.25) is 4.79 Å². The van der Waals surface area contributed by atoms with Crippen molar-refractivity contribution < 1.29 is 18.7 Å². The second-order valence-electron chi connectivity index (χ2n) is 6.35. The number of amides is 1. The van der Waals surface area contributed by atoms with Gasteiger partial charge in [-0.2, -0.15) is 5.10 Å². The summed E-state index contributed by atoms with van der Waals surface area (Å²) in [6.07, 6.45) is 2.97. The highest BCUT2D eigenvalue weighted by Crippen LogP contribution is 2.34. The molecule has 0 radical (unpaired) electrons. The Morgan fingerprint density at radius 3 is 2.70 bits per heavy atom. The van der Waals surface area contributed by atoms with Gasteiger partial charge in [0.1, 0.15) is 17.3 Å². The minimum absolute atomic E-state index is 0.356. The number of carbonyl (C=O) groups is 1. The fourth-order valence-corrected chi connectivity index (χ4v) is 3.09. The molecule has 0 unspecified atom stereocenters. The first-order chi connectivity index (χ1) is 14.7. The van der Waals surface area contributed by atoms with Crippen LogP contribution in [0.1, 0.15) is 16.1 Å². The number of nitrogens with zero attached hydrogens (tertiary/aromatic N) is 2. The molecule has 0 saturated carbocycles. The van der Waals surface area contributed by atoms with Crippen LogP contribution in [-0.2, 0) is 0 Å². The third kappa shape index (κ3) is 3.86. The summed E-state index contributed by atoms with van der Waals surface area (Å²) in [7, 11) is 3.17. The molecule has 0 bridgehead atoms. The van der Waals surface area contributed by atoms with Crippen molar-refractivity contribution in [3.05, 3.63) is 78.3 Å². The standard InChI is InChI=1S/C23H19N3O4/c1-28-15-9-10-18(22(12-15)29-2)21-13-19(17-7-3-4-8-20(17)25-21)23(27)26-24-14-16-6-5-11-30-16/h3-14H,1-2H3,(H,26,27)/b24-14-. The van der Waals surface area contributed by atoms with Crippen molar-refractivity contribution in [2.45, 2.75) is 0 Å². The van der Waals surface area contributed by atoms with E-state index < -0.39 is 0 Å². The van der Waals surface area contributed by atoms with E-state index in [2.05, 4.69) is 10.5 Å². The molecule has 0 saturated heterocycles. The maximum atomic E-state index is 12.9. The van der Waals surface area contributed by atoms with Gasteiger partial charge in [0, 0.05) is 17.0 Å². The highest BCUT2D eigenvalue weighted by molar-refractivity contribution is 6.07. The lowest BCUT2D eigenvalue weighted by Gasteiger charge is -2.12. The van der Waals surface area contributed by atoms with E-state index >= 15 is 0 Å². The zero-order valence-electron chi connectivity index (χ0n) is 16.5. The van der Waals surface area contributed by atoms with Crippen LogP contribution in [0.25, 0.3) is 22.2 Å². The van der Waals surface area contributed by atoms with E-state index in [-0.39, 0.29) is 5.91 Å². The van der Waals surface area contributed by atoms with E-state index in [4.69, 9.17) is 18.9 Å². The fraction of sp³-hybridized carbons (Fsp3) is 0.0870. The number of pyridine rings is 1. The molecule has 0 spiro atoms. The Labute approximate surface area is 173 Å². The molecule has 0 atom stereocenters. The van der Waals surface area contributed by atoms with Crippen molar-refractivity contribution >= 4 is 23.0 Å². The molecule has 0 fully saturated rings. The first-order valence-electron chi connectivity index (χ1n) is 9.18. The van der Waals surface area contributed by atoms with Crippen LogP contribution in [0.3, 0.4) is 0 Å². The number of hydrogen-bond donors (Lipinski definition) is 1. The number of para-hydroxylation sites is 1. The second-order valence-corrected chi connectivity index (χ2v) is 6.35. The number of rotatable bonds is 6. The summed E-state index contributed by atoms with van der Waals surface area (Å²) in [5.41, 5.74) is 5.04. The molecule has 0 aliphatic rings. The minimum atomic E-state index is -0.356. The van der Waals surface area contributed by atoms with Crippen molar-refractivity contribution in [3.63, 3.8) is 0 Å². The van der Waals surface area contributed by atoms with Gasteiger partial charge < -0.3 is 13.9 Å². The molecule has 4 rings (SSSR count). The molecule has 4 aromatic rings. The highest BCUT2D eigenvalue weighted by atomic mass is 16.5. The molecule has 1 amide bonds. The average Bonchev–Trinajstić information content (AvgIpc) is 3.31. The maximum Gasteiger partial charge on any atom is 0.272 e. The lowest BCUT2D eigenvalue weighted by atomic mass is 10.0. The van der Waals surface area contributed by atoms with E-state index in [1.807, 2.05) is 36.4 Å². The number of fused-ring (bicyclic) bond motifs is 1. The number of ether oxygens (including phenoxy) is 2. The Morgan fingerprint density at radius 1 is 1.07 bits per heavy atom. The number of benzene rings is 2. The quantitative estimate of drug-likeness (QED) is 0.385. The van der Waals surface area contributed by atoms with Crippen LogP contribution in [-0.4, -0.2) is 31.3 Å². The lowest BCUT2D eigenvalue weighted by molar-refractivity contribution is 0.0956. The number of nitrogens with one attached hydrogen (secondary N) is 1. The molecule has 0 aliphatic heterocycles. The SMILES string of the molecule is COc1ccc(-c2cc(C(=O)N/N=C\c3ccco3)c3ccccc3n2)c(OC)c1. The van der Waals surface area contributed by atoms with Gasteiger partial charge in [-0.1, -0.05) is 18.2 Å². The van der Waals surface area contributed by atoms with E-state index in [1.54, 1.807) is 38.5 Å². The topological polar surface area (TPSA) is 86.0 Å². The number of methoxy groups -OCH3 is 2. The molecule has 7 nitrogen and oxygen atoms in total. The molecule has 1 N–H and O–H groups in total. The predicted octanol–water partition coefficient (Wildman–Crippen LogP) is 4.28. The number of furan rings is 1. The summed E-state index contributed by atoms with van der Waals surface area (Å²) in [6, 6.07) is 18.1. The number of carbonyl (C=O) groups excluding carboxylic acids is 1. The van der Waals surface area contributed by atoms with Crippen LogP contribution in [0.4, 0.5) is 0 Å². The van der Waals surface area contributed by atoms with E-state index in [0.29, 0.717) is 34.0 Å². The Kier molecular flexibility index (Phi) is 5.43. The first-order valence-corrected chi connectivity index (χ1v) is 9.18. The molecular formula is C23H19N3O4. The number of aromatic nitrogens is 1. The van der Waals surface area contributed by atoms with Gasteiger partial charge in [-0.15, -0.1) is 0 Å². The highest BCUT2D eigenvalue weighted by Gasteiger charge is 2.16. The normalized spacial score (nSPS) is 11.0. The van der Waals surface area contributed by atoms with Crippen LogP contribution in [0.15, 0.2) is 76.4 Å². The van der Waals surface area contributed by atoms with Crippen molar-refractivity contribution in [2.24, 2.45) is 5.10 Å². The smallest absolute Gasteiger partial charge is 0.272 e. The molecule has 30 heavy (non-hydrogen) atoms. The molecule has 7 heteroatoms. The zero-order valence-corrected chi connectivity index (χ0v) is 16.5. The fourth-order valence-electron chi connectivity index (χ4n) is 3.09. The second kappa shape index (κ2) is 8.48. The Bertz CT molecular complexity index is 1220. The molecule has 0 aliphatic carbocycles. The summed E-state index contributed by atoms with van der Waals surface area (Å²) in [5.74, 6) is 1.45. The lowest BCUT2D eigenvalue weighted by Crippen LogP contribution is -2.18. The van der Waals surface area contributed by atoms with Crippen LogP contribution in [0.5, 0.6) is 11.5 Å².